The van der Waals surface area contributed by atoms with Gasteiger partial charge in [-0.25, -0.2) is 4.79 Å². The Morgan fingerprint density at radius 3 is 2.87 bits per heavy atom. The van der Waals surface area contributed by atoms with E-state index in [1.54, 1.807) is 11.0 Å². The molecule has 2 atom stereocenters. The van der Waals surface area contributed by atoms with Gasteiger partial charge in [0.05, 0.1) is 11.0 Å². The minimum atomic E-state index is -0.457. The molecule has 2 aliphatic heterocycles. The van der Waals surface area contributed by atoms with Crippen molar-refractivity contribution in [2.24, 2.45) is 0 Å². The monoisotopic (exact) mass is 337 g/mol. The van der Waals surface area contributed by atoms with E-state index in [1.165, 1.54) is 11.3 Å². The Morgan fingerprint density at radius 1 is 1.26 bits per heavy atom. The summed E-state index contributed by atoms with van der Waals surface area (Å²) in [6.45, 7) is 1.67. The molecule has 1 amide bonds. The van der Waals surface area contributed by atoms with Gasteiger partial charge in [0.15, 0.2) is 0 Å². The molecule has 2 fully saturated rings. The van der Waals surface area contributed by atoms with E-state index >= 15 is 0 Å². The van der Waals surface area contributed by atoms with Crippen LogP contribution in [-0.4, -0.2) is 48.7 Å². The molecule has 1 aromatic rings. The lowest BCUT2D eigenvalue weighted by molar-refractivity contribution is -0.155. The zero-order valence-electron chi connectivity index (χ0n) is 13.2. The number of rotatable bonds is 4. The number of esters is 1. The number of piperidine rings is 1. The van der Waals surface area contributed by atoms with Gasteiger partial charge in [-0.1, -0.05) is 6.07 Å². The summed E-state index contributed by atoms with van der Waals surface area (Å²) in [6.07, 6.45) is 5.72. The van der Waals surface area contributed by atoms with Gasteiger partial charge in [0, 0.05) is 13.2 Å². The molecule has 5 nitrogen and oxygen atoms in total. The molecule has 0 N–H and O–H groups in total. The van der Waals surface area contributed by atoms with Gasteiger partial charge in [-0.15, -0.1) is 11.3 Å². The van der Waals surface area contributed by atoms with Gasteiger partial charge in [0.2, 0.25) is 0 Å². The number of carbonyl (C=O) groups is 2. The molecular weight excluding hydrogens is 314 g/mol. The Kier molecular flexibility index (Phi) is 5.67. The summed E-state index contributed by atoms with van der Waals surface area (Å²) in [5, 5.41) is 1.88. The first-order valence-electron chi connectivity index (χ1n) is 8.38. The molecule has 0 aromatic carbocycles. The Balaban J connectivity index is 1.58. The molecule has 2 aliphatic rings. The highest BCUT2D eigenvalue weighted by Gasteiger charge is 2.34. The van der Waals surface area contributed by atoms with Crippen molar-refractivity contribution in [1.29, 1.82) is 0 Å². The Labute approximate surface area is 140 Å². The minimum absolute atomic E-state index is 0.0118. The number of amides is 1. The van der Waals surface area contributed by atoms with E-state index in [0.29, 0.717) is 24.4 Å². The van der Waals surface area contributed by atoms with Crippen LogP contribution in [0.4, 0.5) is 0 Å². The molecular formula is C17H23NO4S. The summed E-state index contributed by atoms with van der Waals surface area (Å²) >= 11 is 1.41. The van der Waals surface area contributed by atoms with Gasteiger partial charge in [-0.3, -0.25) is 4.79 Å². The van der Waals surface area contributed by atoms with Gasteiger partial charge >= 0.3 is 5.97 Å². The second-order valence-corrected chi connectivity index (χ2v) is 7.05. The SMILES string of the molecule is O=C(OC[C@@H]1CCCCO1)[C@@H]1CCCCN1C(=O)c1cccs1. The van der Waals surface area contributed by atoms with Gasteiger partial charge in [-0.2, -0.15) is 0 Å². The molecule has 126 valence electrons. The van der Waals surface area contributed by atoms with Crippen molar-refractivity contribution in [2.75, 3.05) is 19.8 Å². The van der Waals surface area contributed by atoms with Crippen molar-refractivity contribution in [2.45, 2.75) is 50.7 Å². The van der Waals surface area contributed by atoms with Gasteiger partial charge in [0.1, 0.15) is 12.6 Å². The summed E-state index contributed by atoms with van der Waals surface area (Å²) < 4.78 is 11.1. The van der Waals surface area contributed by atoms with Crippen molar-refractivity contribution in [1.82, 2.24) is 4.90 Å². The van der Waals surface area contributed by atoms with Crippen LogP contribution in [0.3, 0.4) is 0 Å². The van der Waals surface area contributed by atoms with E-state index in [4.69, 9.17) is 9.47 Å². The zero-order chi connectivity index (χ0) is 16.1. The van der Waals surface area contributed by atoms with Crippen LogP contribution >= 0.6 is 11.3 Å². The predicted octanol–water partition coefficient (Wildman–Crippen LogP) is 2.86. The lowest BCUT2D eigenvalue weighted by atomic mass is 10.0. The normalized spacial score (nSPS) is 25.1. The molecule has 2 saturated heterocycles. The van der Waals surface area contributed by atoms with Crippen molar-refractivity contribution >= 4 is 23.2 Å². The Morgan fingerprint density at radius 2 is 2.13 bits per heavy atom. The van der Waals surface area contributed by atoms with Gasteiger partial charge < -0.3 is 14.4 Å². The van der Waals surface area contributed by atoms with Gasteiger partial charge in [-0.05, 0) is 50.0 Å². The van der Waals surface area contributed by atoms with Crippen LogP contribution in [0, 0.1) is 0 Å². The van der Waals surface area contributed by atoms with Crippen molar-refractivity contribution in [3.05, 3.63) is 22.4 Å². The number of carbonyl (C=O) groups excluding carboxylic acids is 2. The lowest BCUT2D eigenvalue weighted by Gasteiger charge is -2.34. The molecule has 3 heterocycles. The second kappa shape index (κ2) is 7.93. The molecule has 1 aromatic heterocycles. The molecule has 6 heteroatoms. The maximum atomic E-state index is 12.6. The Bertz CT molecular complexity index is 525. The van der Waals surface area contributed by atoms with Crippen LogP contribution in [0.15, 0.2) is 17.5 Å². The van der Waals surface area contributed by atoms with Crippen molar-refractivity contribution in [3.8, 4) is 0 Å². The zero-order valence-corrected chi connectivity index (χ0v) is 14.1. The molecule has 3 rings (SSSR count). The fraction of sp³-hybridized carbons (Fsp3) is 0.647. The first-order chi connectivity index (χ1) is 11.3. The third-order valence-corrected chi connectivity index (χ3v) is 5.31. The lowest BCUT2D eigenvalue weighted by Crippen LogP contribution is -2.49. The number of thiophene rings is 1. The maximum Gasteiger partial charge on any atom is 0.328 e. The third-order valence-electron chi connectivity index (χ3n) is 4.45. The highest BCUT2D eigenvalue weighted by atomic mass is 32.1. The standard InChI is InChI=1S/C17H23NO4S/c19-16(15-8-5-11-23-15)18-9-3-1-7-14(18)17(20)22-12-13-6-2-4-10-21-13/h5,8,11,13-14H,1-4,6-7,9-10,12H2/t13-,14-/m0/s1. The summed E-state index contributed by atoms with van der Waals surface area (Å²) in [5.41, 5.74) is 0. The molecule has 23 heavy (non-hydrogen) atoms. The largest absolute Gasteiger partial charge is 0.461 e. The average Bonchev–Trinajstić information content (AvgIpc) is 3.14. The smallest absolute Gasteiger partial charge is 0.328 e. The number of ether oxygens (including phenoxy) is 2. The van der Waals surface area contributed by atoms with E-state index in [-0.39, 0.29) is 18.0 Å². The van der Waals surface area contributed by atoms with E-state index < -0.39 is 6.04 Å². The number of nitrogens with zero attached hydrogens (tertiary/aromatic N) is 1. The van der Waals surface area contributed by atoms with E-state index in [1.807, 2.05) is 11.4 Å². The van der Waals surface area contributed by atoms with Crippen LogP contribution in [0.25, 0.3) is 0 Å². The maximum absolute atomic E-state index is 12.6. The van der Waals surface area contributed by atoms with Crippen LogP contribution in [0.1, 0.15) is 48.2 Å². The van der Waals surface area contributed by atoms with E-state index in [0.717, 1.165) is 38.7 Å². The molecule has 0 spiro atoms. The third kappa shape index (κ3) is 4.12. The first kappa shape index (κ1) is 16.5. The highest BCUT2D eigenvalue weighted by molar-refractivity contribution is 7.12. The summed E-state index contributed by atoms with van der Waals surface area (Å²) in [7, 11) is 0. The van der Waals surface area contributed by atoms with Crippen LogP contribution in [0.5, 0.6) is 0 Å². The first-order valence-corrected chi connectivity index (χ1v) is 9.26. The van der Waals surface area contributed by atoms with Crippen LogP contribution < -0.4 is 0 Å². The molecule has 0 bridgehead atoms. The molecule has 0 saturated carbocycles. The summed E-state index contributed by atoms with van der Waals surface area (Å²) in [6, 6.07) is 3.21. The van der Waals surface area contributed by atoms with E-state index in [2.05, 4.69) is 0 Å². The minimum Gasteiger partial charge on any atom is -0.461 e. The fourth-order valence-corrected chi connectivity index (χ4v) is 3.85. The van der Waals surface area contributed by atoms with Crippen LogP contribution in [0.2, 0.25) is 0 Å². The van der Waals surface area contributed by atoms with Crippen molar-refractivity contribution in [3.63, 3.8) is 0 Å². The predicted molar refractivity (Wildman–Crippen MR) is 87.5 cm³/mol. The number of likely N-dealkylation sites (tertiary alicyclic amines) is 1. The summed E-state index contributed by atoms with van der Waals surface area (Å²) in [5.74, 6) is -0.348. The van der Waals surface area contributed by atoms with Crippen LogP contribution in [-0.2, 0) is 14.3 Å². The average molecular weight is 337 g/mol. The molecule has 0 aliphatic carbocycles. The Hall–Kier alpha value is -1.40. The van der Waals surface area contributed by atoms with Crippen molar-refractivity contribution < 1.29 is 19.1 Å². The summed E-state index contributed by atoms with van der Waals surface area (Å²) in [4.78, 5) is 27.4. The second-order valence-electron chi connectivity index (χ2n) is 6.11. The molecule has 0 radical (unpaired) electrons. The topological polar surface area (TPSA) is 55.8 Å². The molecule has 0 unspecified atom stereocenters. The quantitative estimate of drug-likeness (QED) is 0.793. The fourth-order valence-electron chi connectivity index (χ4n) is 3.17. The highest BCUT2D eigenvalue weighted by Crippen LogP contribution is 2.23. The number of hydrogen-bond acceptors (Lipinski definition) is 5. The van der Waals surface area contributed by atoms with E-state index in [9.17, 15) is 9.59 Å². The van der Waals surface area contributed by atoms with Gasteiger partial charge in [0.25, 0.3) is 5.91 Å². The number of hydrogen-bond donors (Lipinski definition) is 0.